The van der Waals surface area contributed by atoms with Gasteiger partial charge in [-0.1, -0.05) is 6.58 Å². The summed E-state index contributed by atoms with van der Waals surface area (Å²) < 4.78 is 15.2. The Morgan fingerprint density at radius 3 is 2.40 bits per heavy atom. The summed E-state index contributed by atoms with van der Waals surface area (Å²) in [4.78, 5) is 10.5. The predicted octanol–water partition coefficient (Wildman–Crippen LogP) is 0.316. The number of carbonyl (C=O) groups excluding carboxylic acids is 1. The minimum absolute atomic E-state index is 0.0450. The normalized spacial score (nSPS) is 9.67. The summed E-state index contributed by atoms with van der Waals surface area (Å²) in [6, 6.07) is 0. The Kier molecular flexibility index (Phi) is 10.2. The second kappa shape index (κ2) is 11.0. The highest BCUT2D eigenvalue weighted by molar-refractivity contribution is 5.72. The number of amides is 1. The van der Waals surface area contributed by atoms with Gasteiger partial charge in [-0.3, -0.25) is 4.79 Å². The van der Waals surface area contributed by atoms with Crippen molar-refractivity contribution in [2.75, 3.05) is 39.6 Å². The molecule has 0 spiro atoms. The number of carbonyl (C=O) groups is 1. The van der Waals surface area contributed by atoms with E-state index in [9.17, 15) is 4.79 Å². The number of nitrogens with one attached hydrogen (secondary N) is 1. The monoisotopic (exact) mass is 217 g/mol. The van der Waals surface area contributed by atoms with Crippen molar-refractivity contribution in [3.05, 3.63) is 12.8 Å². The quantitative estimate of drug-likeness (QED) is 0.423. The van der Waals surface area contributed by atoms with Crippen molar-refractivity contribution in [3.63, 3.8) is 0 Å². The molecule has 0 heterocycles. The molecule has 0 aliphatic carbocycles. The molecule has 1 N–H and O–H groups in total. The van der Waals surface area contributed by atoms with E-state index in [4.69, 9.17) is 14.2 Å². The van der Waals surface area contributed by atoms with Crippen molar-refractivity contribution in [1.82, 2.24) is 5.32 Å². The zero-order valence-electron chi connectivity index (χ0n) is 9.16. The molecular weight excluding hydrogens is 198 g/mol. The zero-order chi connectivity index (χ0) is 11.4. The lowest BCUT2D eigenvalue weighted by Crippen LogP contribution is -2.25. The molecule has 1 amide bonds. The van der Waals surface area contributed by atoms with Crippen LogP contribution in [0.15, 0.2) is 12.8 Å². The zero-order valence-corrected chi connectivity index (χ0v) is 9.16. The molecule has 5 nitrogen and oxygen atoms in total. The maximum atomic E-state index is 10.5. The predicted molar refractivity (Wildman–Crippen MR) is 56.5 cm³/mol. The first-order chi connectivity index (χ1) is 7.27. The lowest BCUT2D eigenvalue weighted by atomic mass is 10.6. The third kappa shape index (κ3) is 12.9. The fourth-order valence-electron chi connectivity index (χ4n) is 0.812. The highest BCUT2D eigenvalue weighted by Crippen LogP contribution is 1.80. The Balaban J connectivity index is 2.92. The van der Waals surface area contributed by atoms with Gasteiger partial charge in [-0.05, 0) is 0 Å². The summed E-state index contributed by atoms with van der Waals surface area (Å²) in [5.74, 6) is -0.0450. The smallest absolute Gasteiger partial charge is 0.216 e. The molecule has 88 valence electrons. The molecule has 0 aromatic carbocycles. The van der Waals surface area contributed by atoms with Gasteiger partial charge in [0.1, 0.15) is 6.61 Å². The number of hydrogen-bond acceptors (Lipinski definition) is 4. The van der Waals surface area contributed by atoms with E-state index in [-0.39, 0.29) is 5.91 Å². The maximum absolute atomic E-state index is 10.5. The molecule has 0 bridgehead atoms. The van der Waals surface area contributed by atoms with Crippen molar-refractivity contribution >= 4 is 5.91 Å². The van der Waals surface area contributed by atoms with Gasteiger partial charge >= 0.3 is 0 Å². The molecule has 0 aromatic heterocycles. The molecule has 0 saturated heterocycles. The maximum Gasteiger partial charge on any atom is 0.216 e. The third-order valence-electron chi connectivity index (χ3n) is 1.46. The fraction of sp³-hybridized carbons (Fsp3) is 0.700. The van der Waals surface area contributed by atoms with Gasteiger partial charge in [0.25, 0.3) is 0 Å². The molecule has 5 heteroatoms. The van der Waals surface area contributed by atoms with E-state index in [1.807, 2.05) is 0 Å². The van der Waals surface area contributed by atoms with Gasteiger partial charge in [0.2, 0.25) is 5.91 Å². The first-order valence-electron chi connectivity index (χ1n) is 4.90. The Labute approximate surface area is 90.4 Å². The summed E-state index contributed by atoms with van der Waals surface area (Å²) in [5, 5.41) is 2.63. The molecular formula is C10H19NO4. The van der Waals surface area contributed by atoms with E-state index in [0.717, 1.165) is 0 Å². The van der Waals surface area contributed by atoms with Crippen molar-refractivity contribution < 1.29 is 19.0 Å². The van der Waals surface area contributed by atoms with Crippen LogP contribution < -0.4 is 5.32 Å². The first-order valence-corrected chi connectivity index (χ1v) is 4.90. The van der Waals surface area contributed by atoms with Gasteiger partial charge in [-0.2, -0.15) is 0 Å². The van der Waals surface area contributed by atoms with E-state index in [2.05, 4.69) is 11.9 Å². The third-order valence-corrected chi connectivity index (χ3v) is 1.46. The summed E-state index contributed by atoms with van der Waals surface area (Å²) >= 11 is 0. The van der Waals surface area contributed by atoms with E-state index in [0.29, 0.717) is 39.6 Å². The van der Waals surface area contributed by atoms with Gasteiger partial charge in [0, 0.05) is 13.5 Å². The Hall–Kier alpha value is -1.07. The van der Waals surface area contributed by atoms with Crippen LogP contribution >= 0.6 is 0 Å². The van der Waals surface area contributed by atoms with Crippen LogP contribution in [0.5, 0.6) is 0 Å². The van der Waals surface area contributed by atoms with Crippen molar-refractivity contribution in [2.24, 2.45) is 0 Å². The number of hydrogen-bond donors (Lipinski definition) is 1. The summed E-state index contributed by atoms with van der Waals surface area (Å²) in [5.41, 5.74) is 0. The molecule has 0 aromatic rings. The van der Waals surface area contributed by atoms with Crippen LogP contribution in [-0.4, -0.2) is 45.5 Å². The Morgan fingerprint density at radius 2 is 1.80 bits per heavy atom. The lowest BCUT2D eigenvalue weighted by Gasteiger charge is -2.05. The van der Waals surface area contributed by atoms with Crippen LogP contribution in [0, 0.1) is 0 Å². The standard InChI is InChI=1S/C10H19NO4/c1-3-13-6-7-15-9-8-14-5-4-11-10(2)12/h3H,1,4-9H2,2H3,(H,11,12). The molecule has 0 radical (unpaired) electrons. The average Bonchev–Trinajstić information content (AvgIpc) is 2.20. The first kappa shape index (κ1) is 13.9. The lowest BCUT2D eigenvalue weighted by molar-refractivity contribution is -0.119. The Morgan fingerprint density at radius 1 is 1.20 bits per heavy atom. The van der Waals surface area contributed by atoms with Gasteiger partial charge in [-0.25, -0.2) is 0 Å². The highest BCUT2D eigenvalue weighted by atomic mass is 16.5. The molecule has 0 unspecified atom stereocenters. The number of ether oxygens (including phenoxy) is 3. The topological polar surface area (TPSA) is 56.8 Å². The molecule has 0 rings (SSSR count). The average molecular weight is 217 g/mol. The van der Waals surface area contributed by atoms with Crippen LogP contribution in [-0.2, 0) is 19.0 Å². The molecule has 0 fully saturated rings. The van der Waals surface area contributed by atoms with Crippen LogP contribution in [0.25, 0.3) is 0 Å². The molecule has 0 atom stereocenters. The van der Waals surface area contributed by atoms with Gasteiger partial charge < -0.3 is 19.5 Å². The second-order valence-corrected chi connectivity index (χ2v) is 2.75. The van der Waals surface area contributed by atoms with E-state index in [1.165, 1.54) is 13.2 Å². The largest absolute Gasteiger partial charge is 0.499 e. The minimum atomic E-state index is -0.0450. The molecule has 0 saturated carbocycles. The summed E-state index contributed by atoms with van der Waals surface area (Å²) in [6.45, 7) is 8.01. The van der Waals surface area contributed by atoms with Gasteiger partial charge in [0.05, 0.1) is 32.7 Å². The van der Waals surface area contributed by atoms with E-state index in [1.54, 1.807) is 0 Å². The second-order valence-electron chi connectivity index (χ2n) is 2.75. The number of rotatable bonds is 10. The summed E-state index contributed by atoms with van der Waals surface area (Å²) in [7, 11) is 0. The SMILES string of the molecule is C=COCCOCCOCCNC(C)=O. The van der Waals surface area contributed by atoms with Crippen LogP contribution in [0.1, 0.15) is 6.92 Å². The Bertz CT molecular complexity index is 173. The van der Waals surface area contributed by atoms with Gasteiger partial charge in [-0.15, -0.1) is 0 Å². The van der Waals surface area contributed by atoms with Crippen molar-refractivity contribution in [2.45, 2.75) is 6.92 Å². The minimum Gasteiger partial charge on any atom is -0.499 e. The van der Waals surface area contributed by atoms with E-state index >= 15 is 0 Å². The van der Waals surface area contributed by atoms with Crippen molar-refractivity contribution in [3.8, 4) is 0 Å². The summed E-state index contributed by atoms with van der Waals surface area (Å²) in [6.07, 6.45) is 1.38. The molecule has 15 heavy (non-hydrogen) atoms. The van der Waals surface area contributed by atoms with Crippen molar-refractivity contribution in [1.29, 1.82) is 0 Å². The molecule has 0 aliphatic heterocycles. The van der Waals surface area contributed by atoms with Crippen LogP contribution in [0.3, 0.4) is 0 Å². The molecule has 0 aliphatic rings. The van der Waals surface area contributed by atoms with E-state index < -0.39 is 0 Å². The fourth-order valence-corrected chi connectivity index (χ4v) is 0.812. The van der Waals surface area contributed by atoms with Gasteiger partial charge in [0.15, 0.2) is 0 Å². The van der Waals surface area contributed by atoms with Crippen LogP contribution in [0.2, 0.25) is 0 Å². The highest BCUT2D eigenvalue weighted by Gasteiger charge is 1.91. The van der Waals surface area contributed by atoms with Crippen LogP contribution in [0.4, 0.5) is 0 Å².